The molecule has 1 saturated heterocycles. The van der Waals surface area contributed by atoms with Crippen LogP contribution in [0.3, 0.4) is 0 Å². The molecule has 0 radical (unpaired) electrons. The molecule has 208 valence electrons. The van der Waals surface area contributed by atoms with Crippen LogP contribution in [-0.2, 0) is 22.4 Å². The van der Waals surface area contributed by atoms with E-state index in [1.165, 1.54) is 24.0 Å². The zero-order valence-corrected chi connectivity index (χ0v) is 22.8. The lowest BCUT2D eigenvalue weighted by molar-refractivity contribution is -0.130. The van der Waals surface area contributed by atoms with Crippen LogP contribution >= 0.6 is 0 Å². The van der Waals surface area contributed by atoms with Crippen molar-refractivity contribution in [2.24, 2.45) is 0 Å². The van der Waals surface area contributed by atoms with E-state index in [0.29, 0.717) is 36.4 Å². The molecule has 39 heavy (non-hydrogen) atoms. The molecule has 9 nitrogen and oxygen atoms in total. The number of nitrogens with one attached hydrogen (secondary N) is 3. The number of hydrogen-bond acceptors (Lipinski definition) is 5. The largest absolute Gasteiger partial charge is 0.490 e. The molecule has 0 aromatic heterocycles. The van der Waals surface area contributed by atoms with Crippen LogP contribution in [0.1, 0.15) is 66.9 Å². The number of benzene rings is 2. The van der Waals surface area contributed by atoms with Gasteiger partial charge >= 0.3 is 6.03 Å². The van der Waals surface area contributed by atoms with Gasteiger partial charge in [0.05, 0.1) is 24.1 Å². The SMILES string of the molecule is CCCNC(=O)Nc1ccc2c(c1)C(=O)N(C)[C@H]1CC[C@H](CC(=O)Nc3ccc4c(c3)CCCC4)O[C@@H]1CO2. The molecule has 9 heteroatoms. The summed E-state index contributed by atoms with van der Waals surface area (Å²) >= 11 is 0. The van der Waals surface area contributed by atoms with E-state index in [1.54, 1.807) is 30.1 Å². The number of hydrogen-bond donors (Lipinski definition) is 3. The highest BCUT2D eigenvalue weighted by atomic mass is 16.5. The third-order valence-electron chi connectivity index (χ3n) is 7.85. The maximum atomic E-state index is 13.4. The van der Waals surface area contributed by atoms with Gasteiger partial charge in [0.15, 0.2) is 0 Å². The van der Waals surface area contributed by atoms with Gasteiger partial charge in [-0.3, -0.25) is 9.59 Å². The maximum Gasteiger partial charge on any atom is 0.319 e. The molecule has 2 heterocycles. The summed E-state index contributed by atoms with van der Waals surface area (Å²) in [7, 11) is 1.77. The number of carbonyl (C=O) groups is 3. The van der Waals surface area contributed by atoms with Crippen LogP contribution < -0.4 is 20.7 Å². The number of amides is 4. The van der Waals surface area contributed by atoms with E-state index in [0.717, 1.165) is 24.9 Å². The van der Waals surface area contributed by atoms with Crippen LogP contribution in [-0.4, -0.2) is 61.2 Å². The monoisotopic (exact) mass is 534 g/mol. The first-order valence-electron chi connectivity index (χ1n) is 14.1. The number of rotatable bonds is 6. The Balaban J connectivity index is 1.20. The Morgan fingerprint density at radius 1 is 1.00 bits per heavy atom. The number of fused-ring (bicyclic) bond motifs is 3. The lowest BCUT2D eigenvalue weighted by Gasteiger charge is -2.42. The van der Waals surface area contributed by atoms with Crippen LogP contribution in [0, 0.1) is 0 Å². The summed E-state index contributed by atoms with van der Waals surface area (Å²) in [6.45, 7) is 2.82. The van der Waals surface area contributed by atoms with E-state index in [2.05, 4.69) is 28.1 Å². The van der Waals surface area contributed by atoms with Gasteiger partial charge in [0.1, 0.15) is 18.5 Å². The molecule has 2 aliphatic heterocycles. The molecule has 1 fully saturated rings. The Morgan fingerprint density at radius 2 is 1.77 bits per heavy atom. The van der Waals surface area contributed by atoms with E-state index >= 15 is 0 Å². The predicted molar refractivity (Wildman–Crippen MR) is 149 cm³/mol. The molecular formula is C30H38N4O5. The zero-order valence-electron chi connectivity index (χ0n) is 22.8. The van der Waals surface area contributed by atoms with Crippen molar-refractivity contribution in [2.75, 3.05) is 30.8 Å². The molecule has 3 aliphatic rings. The van der Waals surface area contributed by atoms with Crippen LogP contribution in [0.5, 0.6) is 5.75 Å². The Bertz CT molecular complexity index is 1230. The molecule has 0 spiro atoms. The zero-order chi connectivity index (χ0) is 27.4. The Kier molecular flexibility index (Phi) is 8.35. The topological polar surface area (TPSA) is 109 Å². The summed E-state index contributed by atoms with van der Waals surface area (Å²) in [5.41, 5.74) is 4.47. The second-order valence-corrected chi connectivity index (χ2v) is 10.7. The van der Waals surface area contributed by atoms with Crippen LogP contribution in [0.15, 0.2) is 36.4 Å². The van der Waals surface area contributed by atoms with E-state index in [9.17, 15) is 14.4 Å². The smallest absolute Gasteiger partial charge is 0.319 e. The predicted octanol–water partition coefficient (Wildman–Crippen LogP) is 4.51. The summed E-state index contributed by atoms with van der Waals surface area (Å²) in [6.07, 6.45) is 6.47. The van der Waals surface area contributed by atoms with Gasteiger partial charge in [-0.2, -0.15) is 0 Å². The summed E-state index contributed by atoms with van der Waals surface area (Å²) in [5.74, 6) is 0.184. The molecule has 4 amide bonds. The molecule has 2 aromatic carbocycles. The molecule has 0 bridgehead atoms. The number of nitrogens with zero attached hydrogens (tertiary/aromatic N) is 1. The van der Waals surface area contributed by atoms with Gasteiger partial charge in [0.25, 0.3) is 5.91 Å². The first-order valence-corrected chi connectivity index (χ1v) is 14.1. The Morgan fingerprint density at radius 3 is 2.59 bits per heavy atom. The van der Waals surface area contributed by atoms with Crippen molar-refractivity contribution in [2.45, 2.75) is 76.5 Å². The normalized spacial score (nSPS) is 22.3. The first kappa shape index (κ1) is 27.0. The van der Waals surface area contributed by atoms with Crippen LogP contribution in [0.4, 0.5) is 16.2 Å². The second kappa shape index (κ2) is 12.1. The summed E-state index contributed by atoms with van der Waals surface area (Å²) < 4.78 is 12.4. The molecule has 3 atom stereocenters. The number of anilines is 2. The van der Waals surface area contributed by atoms with E-state index in [1.807, 2.05) is 13.0 Å². The van der Waals surface area contributed by atoms with Gasteiger partial charge in [0, 0.05) is 25.0 Å². The number of likely N-dealkylation sites (N-methyl/N-ethyl adjacent to an activating group) is 1. The minimum Gasteiger partial charge on any atom is -0.490 e. The lowest BCUT2D eigenvalue weighted by atomic mass is 9.91. The van der Waals surface area contributed by atoms with E-state index in [4.69, 9.17) is 9.47 Å². The molecule has 1 aliphatic carbocycles. The van der Waals surface area contributed by atoms with Gasteiger partial charge in [-0.05, 0) is 86.4 Å². The first-order chi connectivity index (χ1) is 18.9. The van der Waals surface area contributed by atoms with Crippen molar-refractivity contribution in [3.63, 3.8) is 0 Å². The number of carbonyl (C=O) groups excluding carboxylic acids is 3. The average Bonchev–Trinajstić information content (AvgIpc) is 2.94. The molecule has 0 saturated carbocycles. The molecule has 0 unspecified atom stereocenters. The quantitative estimate of drug-likeness (QED) is 0.506. The minimum absolute atomic E-state index is 0.0706. The minimum atomic E-state index is -0.347. The fourth-order valence-electron chi connectivity index (χ4n) is 5.75. The van der Waals surface area contributed by atoms with Crippen molar-refractivity contribution >= 4 is 29.2 Å². The fraction of sp³-hybridized carbons (Fsp3) is 0.500. The summed E-state index contributed by atoms with van der Waals surface area (Å²) in [6, 6.07) is 10.8. The highest BCUT2D eigenvalue weighted by Gasteiger charge is 2.39. The third-order valence-corrected chi connectivity index (χ3v) is 7.85. The lowest BCUT2D eigenvalue weighted by Crippen LogP contribution is -2.53. The number of aryl methyl sites for hydroxylation is 2. The Hall–Kier alpha value is -3.59. The molecular weight excluding hydrogens is 496 g/mol. The number of ether oxygens (including phenoxy) is 2. The fourth-order valence-corrected chi connectivity index (χ4v) is 5.75. The van der Waals surface area contributed by atoms with Crippen molar-refractivity contribution < 1.29 is 23.9 Å². The summed E-state index contributed by atoms with van der Waals surface area (Å²) in [4.78, 5) is 40.0. The molecule has 5 rings (SSSR count). The van der Waals surface area contributed by atoms with Gasteiger partial charge in [-0.1, -0.05) is 13.0 Å². The van der Waals surface area contributed by atoms with Crippen LogP contribution in [0.2, 0.25) is 0 Å². The van der Waals surface area contributed by atoms with Gasteiger partial charge in [-0.15, -0.1) is 0 Å². The maximum absolute atomic E-state index is 13.4. The van der Waals surface area contributed by atoms with Crippen molar-refractivity contribution in [3.8, 4) is 5.75 Å². The number of urea groups is 1. The standard InChI is InChI=1S/C30H38N4O5/c1-3-14-31-30(37)33-22-10-13-26-24(16-22)29(36)34(2)25-12-11-23(39-27(25)18-38-26)17-28(35)32-21-9-8-19-6-4-5-7-20(19)15-21/h8-10,13,15-16,23,25,27H,3-7,11-12,14,17-18H2,1-2H3,(H,32,35)(H2,31,33,37)/t23-,25+,27-/m1/s1. The third kappa shape index (κ3) is 6.36. The molecule has 3 N–H and O–H groups in total. The van der Waals surface area contributed by atoms with Crippen molar-refractivity contribution in [1.82, 2.24) is 10.2 Å². The average molecular weight is 535 g/mol. The van der Waals surface area contributed by atoms with E-state index < -0.39 is 0 Å². The molecule has 2 aromatic rings. The second-order valence-electron chi connectivity index (χ2n) is 10.7. The highest BCUT2D eigenvalue weighted by molar-refractivity contribution is 5.99. The van der Waals surface area contributed by atoms with Crippen molar-refractivity contribution in [1.29, 1.82) is 0 Å². The van der Waals surface area contributed by atoms with E-state index in [-0.39, 0.29) is 49.1 Å². The highest BCUT2D eigenvalue weighted by Crippen LogP contribution is 2.33. The van der Waals surface area contributed by atoms with Gasteiger partial charge in [-0.25, -0.2) is 4.79 Å². The van der Waals surface area contributed by atoms with Gasteiger partial charge in [0.2, 0.25) is 5.91 Å². The van der Waals surface area contributed by atoms with Crippen LogP contribution in [0.25, 0.3) is 0 Å². The summed E-state index contributed by atoms with van der Waals surface area (Å²) in [5, 5.41) is 8.58. The van der Waals surface area contributed by atoms with Crippen molar-refractivity contribution in [3.05, 3.63) is 53.1 Å². The van der Waals surface area contributed by atoms with Gasteiger partial charge < -0.3 is 30.3 Å². The Labute approximate surface area is 229 Å².